The maximum atomic E-state index is 13.1. The number of aryl methyl sites for hydroxylation is 1. The van der Waals surface area contributed by atoms with Crippen LogP contribution in [0.4, 0.5) is 10.1 Å². The molecule has 2 rings (SSSR count). The van der Waals surface area contributed by atoms with Crippen LogP contribution >= 0.6 is 11.6 Å². The lowest BCUT2D eigenvalue weighted by atomic mass is 10.1. The van der Waals surface area contributed by atoms with Crippen LogP contribution in [0.1, 0.15) is 18.4 Å². The number of nitrogens with one attached hydrogen (secondary N) is 1. The highest BCUT2D eigenvalue weighted by molar-refractivity contribution is 6.30. The van der Waals surface area contributed by atoms with Crippen molar-refractivity contribution in [2.75, 3.05) is 11.9 Å². The fourth-order valence-corrected chi connectivity index (χ4v) is 2.21. The maximum absolute atomic E-state index is 13.1. The molecule has 0 fully saturated rings. The Morgan fingerprint density at radius 1 is 1.00 bits per heavy atom. The Labute approximate surface area is 118 Å². The zero-order valence-electron chi connectivity index (χ0n) is 10.7. The van der Waals surface area contributed by atoms with Gasteiger partial charge in [0.2, 0.25) is 0 Å². The van der Waals surface area contributed by atoms with E-state index in [4.69, 9.17) is 11.6 Å². The van der Waals surface area contributed by atoms with E-state index in [-0.39, 0.29) is 5.82 Å². The topological polar surface area (TPSA) is 12.0 Å². The molecule has 1 nitrogen and oxygen atoms in total. The lowest BCUT2D eigenvalue weighted by Gasteiger charge is -2.07. The van der Waals surface area contributed by atoms with Gasteiger partial charge in [0.15, 0.2) is 0 Å². The van der Waals surface area contributed by atoms with E-state index >= 15 is 0 Å². The molecule has 0 saturated carbocycles. The first-order valence-corrected chi connectivity index (χ1v) is 6.86. The third-order valence-corrected chi connectivity index (χ3v) is 3.14. The Morgan fingerprint density at radius 2 is 1.79 bits per heavy atom. The Balaban J connectivity index is 1.69. The molecule has 0 unspecified atom stereocenters. The quantitative estimate of drug-likeness (QED) is 0.740. The van der Waals surface area contributed by atoms with Gasteiger partial charge in [-0.05, 0) is 43.0 Å². The minimum Gasteiger partial charge on any atom is -0.385 e. The van der Waals surface area contributed by atoms with Crippen LogP contribution in [0, 0.1) is 5.82 Å². The smallest absolute Gasteiger partial charge is 0.126 e. The average Bonchev–Trinajstić information content (AvgIpc) is 2.38. The van der Waals surface area contributed by atoms with Gasteiger partial charge in [0.25, 0.3) is 0 Å². The van der Waals surface area contributed by atoms with Crippen molar-refractivity contribution in [2.24, 2.45) is 0 Å². The van der Waals surface area contributed by atoms with Crippen LogP contribution < -0.4 is 5.32 Å². The van der Waals surface area contributed by atoms with Gasteiger partial charge in [0, 0.05) is 17.3 Å². The molecule has 0 aliphatic carbocycles. The number of rotatable bonds is 6. The van der Waals surface area contributed by atoms with Crippen LogP contribution in [0.5, 0.6) is 0 Å². The van der Waals surface area contributed by atoms with Gasteiger partial charge in [0.05, 0.1) is 0 Å². The first-order chi connectivity index (χ1) is 9.24. The van der Waals surface area contributed by atoms with E-state index in [2.05, 4.69) is 29.6 Å². The van der Waals surface area contributed by atoms with Crippen molar-refractivity contribution in [1.29, 1.82) is 0 Å². The Bertz CT molecular complexity index is 493. The van der Waals surface area contributed by atoms with E-state index in [9.17, 15) is 4.39 Å². The first kappa shape index (κ1) is 13.9. The standard InChI is InChI=1S/C16H17ClFN/c17-14-10-15(18)12-16(11-14)19-9-5-4-8-13-6-2-1-3-7-13/h1-3,6-7,10-12,19H,4-5,8-9H2. The van der Waals surface area contributed by atoms with Gasteiger partial charge in [-0.3, -0.25) is 0 Å². The van der Waals surface area contributed by atoms with Crippen molar-refractivity contribution in [2.45, 2.75) is 19.3 Å². The lowest BCUT2D eigenvalue weighted by molar-refractivity contribution is 0.628. The summed E-state index contributed by atoms with van der Waals surface area (Å²) in [7, 11) is 0. The Morgan fingerprint density at radius 3 is 2.53 bits per heavy atom. The highest BCUT2D eigenvalue weighted by atomic mass is 35.5. The lowest BCUT2D eigenvalue weighted by Crippen LogP contribution is -2.02. The number of benzene rings is 2. The maximum Gasteiger partial charge on any atom is 0.126 e. The molecular formula is C16H17ClFN. The molecule has 0 spiro atoms. The van der Waals surface area contributed by atoms with Crippen LogP contribution in [0.3, 0.4) is 0 Å². The van der Waals surface area contributed by atoms with E-state index in [0.717, 1.165) is 31.5 Å². The van der Waals surface area contributed by atoms with Gasteiger partial charge in [-0.25, -0.2) is 4.39 Å². The Hall–Kier alpha value is -1.54. The molecule has 19 heavy (non-hydrogen) atoms. The highest BCUT2D eigenvalue weighted by Crippen LogP contribution is 2.18. The summed E-state index contributed by atoms with van der Waals surface area (Å²) in [4.78, 5) is 0. The largest absolute Gasteiger partial charge is 0.385 e. The van der Waals surface area contributed by atoms with Crippen LogP contribution in [0.25, 0.3) is 0 Å². The van der Waals surface area contributed by atoms with Crippen LogP contribution in [-0.2, 0) is 6.42 Å². The summed E-state index contributed by atoms with van der Waals surface area (Å²) < 4.78 is 13.1. The van der Waals surface area contributed by atoms with Crippen molar-refractivity contribution < 1.29 is 4.39 Å². The predicted molar refractivity (Wildman–Crippen MR) is 79.3 cm³/mol. The van der Waals surface area contributed by atoms with Gasteiger partial charge in [-0.2, -0.15) is 0 Å². The van der Waals surface area contributed by atoms with Gasteiger partial charge >= 0.3 is 0 Å². The molecule has 100 valence electrons. The first-order valence-electron chi connectivity index (χ1n) is 6.48. The van der Waals surface area contributed by atoms with Crippen LogP contribution in [-0.4, -0.2) is 6.54 Å². The highest BCUT2D eigenvalue weighted by Gasteiger charge is 1.98. The second-order valence-electron chi connectivity index (χ2n) is 4.53. The molecule has 0 atom stereocenters. The average molecular weight is 278 g/mol. The molecule has 3 heteroatoms. The number of hydrogen-bond acceptors (Lipinski definition) is 1. The van der Waals surface area contributed by atoms with Crippen molar-refractivity contribution >= 4 is 17.3 Å². The van der Waals surface area contributed by atoms with Gasteiger partial charge < -0.3 is 5.32 Å². The number of unbranched alkanes of at least 4 members (excludes halogenated alkanes) is 1. The van der Waals surface area contributed by atoms with E-state index in [0.29, 0.717) is 5.02 Å². The van der Waals surface area contributed by atoms with Crippen molar-refractivity contribution in [3.63, 3.8) is 0 Å². The van der Waals surface area contributed by atoms with Crippen molar-refractivity contribution in [1.82, 2.24) is 0 Å². The summed E-state index contributed by atoms with van der Waals surface area (Å²) in [6.45, 7) is 0.826. The number of anilines is 1. The molecule has 0 heterocycles. The third kappa shape index (κ3) is 4.92. The van der Waals surface area contributed by atoms with E-state index in [1.165, 1.54) is 17.7 Å². The summed E-state index contributed by atoms with van der Waals surface area (Å²) >= 11 is 5.79. The number of hydrogen-bond donors (Lipinski definition) is 1. The summed E-state index contributed by atoms with van der Waals surface area (Å²) in [5, 5.41) is 3.61. The van der Waals surface area contributed by atoms with Crippen LogP contribution in [0.15, 0.2) is 48.5 Å². The minimum atomic E-state index is -0.306. The van der Waals surface area contributed by atoms with Crippen LogP contribution in [0.2, 0.25) is 5.02 Å². The molecule has 0 radical (unpaired) electrons. The molecule has 0 aromatic heterocycles. The Kier molecular flexibility index (Phi) is 5.22. The minimum absolute atomic E-state index is 0.306. The molecule has 0 aliphatic heterocycles. The van der Waals surface area contributed by atoms with Crippen molar-refractivity contribution in [3.8, 4) is 0 Å². The van der Waals surface area contributed by atoms with Gasteiger partial charge in [-0.1, -0.05) is 41.9 Å². The van der Waals surface area contributed by atoms with Crippen molar-refractivity contribution in [3.05, 3.63) is 64.9 Å². The molecular weight excluding hydrogens is 261 g/mol. The SMILES string of the molecule is Fc1cc(Cl)cc(NCCCCc2ccccc2)c1. The fraction of sp³-hybridized carbons (Fsp3) is 0.250. The molecule has 0 saturated heterocycles. The monoisotopic (exact) mass is 277 g/mol. The van der Waals surface area contributed by atoms with E-state index < -0.39 is 0 Å². The zero-order valence-corrected chi connectivity index (χ0v) is 11.5. The van der Waals surface area contributed by atoms with E-state index in [1.807, 2.05) is 6.07 Å². The molecule has 1 N–H and O–H groups in total. The van der Waals surface area contributed by atoms with Gasteiger partial charge in [0.1, 0.15) is 5.82 Å². The normalized spacial score (nSPS) is 10.4. The molecule has 2 aromatic carbocycles. The van der Waals surface area contributed by atoms with E-state index in [1.54, 1.807) is 6.07 Å². The molecule has 0 aliphatic rings. The fourth-order valence-electron chi connectivity index (χ4n) is 1.99. The summed E-state index contributed by atoms with van der Waals surface area (Å²) in [5.74, 6) is -0.306. The second kappa shape index (κ2) is 7.15. The second-order valence-corrected chi connectivity index (χ2v) is 4.96. The predicted octanol–water partition coefficient (Wildman–Crippen LogP) is 4.91. The molecule has 0 amide bonds. The number of halogens is 2. The van der Waals surface area contributed by atoms with Gasteiger partial charge in [-0.15, -0.1) is 0 Å². The zero-order chi connectivity index (χ0) is 13.5. The third-order valence-electron chi connectivity index (χ3n) is 2.93. The summed E-state index contributed by atoms with van der Waals surface area (Å²) in [5.41, 5.74) is 2.10. The molecule has 0 bridgehead atoms. The summed E-state index contributed by atoms with van der Waals surface area (Å²) in [6.07, 6.45) is 3.23. The summed E-state index contributed by atoms with van der Waals surface area (Å²) in [6, 6.07) is 14.9. The molecule has 2 aromatic rings.